The maximum absolute atomic E-state index is 13.1. The van der Waals surface area contributed by atoms with Crippen LogP contribution in [0.1, 0.15) is 28.2 Å². The molecule has 0 fully saturated rings. The maximum Gasteiger partial charge on any atom is 0.416 e. The zero-order valence-electron chi connectivity index (χ0n) is 17.9. The molecule has 0 aliphatic heterocycles. The highest BCUT2D eigenvalue weighted by molar-refractivity contribution is 5.91. The van der Waals surface area contributed by atoms with Crippen molar-refractivity contribution in [3.63, 3.8) is 0 Å². The summed E-state index contributed by atoms with van der Waals surface area (Å²) in [6, 6.07) is 11.1. The van der Waals surface area contributed by atoms with Crippen molar-refractivity contribution in [1.29, 1.82) is 0 Å². The van der Waals surface area contributed by atoms with Crippen molar-refractivity contribution in [2.45, 2.75) is 19.5 Å². The van der Waals surface area contributed by atoms with Crippen molar-refractivity contribution in [3.8, 4) is 11.4 Å². The molecular formula is C23H21F4N3O3. The molecule has 6 nitrogen and oxygen atoms in total. The van der Waals surface area contributed by atoms with Crippen molar-refractivity contribution in [2.75, 3.05) is 20.2 Å². The Kier molecular flexibility index (Phi) is 7.15. The highest BCUT2D eigenvalue weighted by Crippen LogP contribution is 2.30. The molecule has 1 heterocycles. The number of aromatic nitrogens is 2. The Balaban J connectivity index is 1.72. The fourth-order valence-corrected chi connectivity index (χ4v) is 3.08. The average Bonchev–Trinajstić information content (AvgIpc) is 2.77. The van der Waals surface area contributed by atoms with Gasteiger partial charge in [-0.3, -0.25) is 9.59 Å². The molecule has 0 unspecified atom stereocenters. The minimum absolute atomic E-state index is 0.0757. The van der Waals surface area contributed by atoms with Gasteiger partial charge in [-0.15, -0.1) is 0 Å². The quantitative estimate of drug-likeness (QED) is 0.389. The molecule has 1 aromatic heterocycles. The van der Waals surface area contributed by atoms with Gasteiger partial charge in [-0.1, -0.05) is 6.07 Å². The lowest BCUT2D eigenvalue weighted by molar-refractivity contribution is -0.137. The number of alkyl halides is 3. The molecule has 0 aliphatic rings. The molecule has 2 aromatic carbocycles. The Morgan fingerprint density at radius 3 is 2.48 bits per heavy atom. The van der Waals surface area contributed by atoms with Crippen LogP contribution in [0.5, 0.6) is 5.75 Å². The van der Waals surface area contributed by atoms with E-state index in [0.717, 1.165) is 22.9 Å². The van der Waals surface area contributed by atoms with Gasteiger partial charge in [0.15, 0.2) is 5.69 Å². The minimum atomic E-state index is -4.54. The zero-order chi connectivity index (χ0) is 24.2. The van der Waals surface area contributed by atoms with Crippen LogP contribution < -0.4 is 10.2 Å². The number of benzene rings is 2. The number of ether oxygens (including phenoxy) is 1. The lowest BCUT2D eigenvalue weighted by Gasteiger charge is -2.18. The Morgan fingerprint density at radius 2 is 1.82 bits per heavy atom. The van der Waals surface area contributed by atoms with Gasteiger partial charge < -0.3 is 9.64 Å². The predicted molar refractivity (Wildman–Crippen MR) is 113 cm³/mol. The van der Waals surface area contributed by atoms with Crippen LogP contribution in [0.2, 0.25) is 0 Å². The summed E-state index contributed by atoms with van der Waals surface area (Å²) in [7, 11) is 1.48. The van der Waals surface area contributed by atoms with E-state index in [0.29, 0.717) is 12.2 Å². The summed E-state index contributed by atoms with van der Waals surface area (Å²) in [5, 5.41) is 4.05. The lowest BCUT2D eigenvalue weighted by atomic mass is 10.2. The van der Waals surface area contributed by atoms with Crippen LogP contribution in [0.15, 0.2) is 59.4 Å². The number of carbonyl (C=O) groups excluding carboxylic acids is 1. The van der Waals surface area contributed by atoms with Crippen LogP contribution in [-0.2, 0) is 6.18 Å². The molecule has 3 rings (SSSR count). The first-order valence-corrected chi connectivity index (χ1v) is 9.98. The molecule has 0 saturated carbocycles. The van der Waals surface area contributed by atoms with Crippen molar-refractivity contribution < 1.29 is 27.1 Å². The van der Waals surface area contributed by atoms with Crippen LogP contribution in [0.3, 0.4) is 0 Å². The molecule has 1 amide bonds. The number of hydrogen-bond acceptors (Lipinski definition) is 4. The monoisotopic (exact) mass is 463 g/mol. The van der Waals surface area contributed by atoms with E-state index in [-0.39, 0.29) is 30.4 Å². The fourth-order valence-electron chi connectivity index (χ4n) is 3.08. The minimum Gasteiger partial charge on any atom is -0.494 e. The predicted octanol–water partition coefficient (Wildman–Crippen LogP) is 4.24. The lowest BCUT2D eigenvalue weighted by Crippen LogP contribution is -2.34. The highest BCUT2D eigenvalue weighted by Gasteiger charge is 2.30. The Hall–Kier alpha value is -3.69. The second kappa shape index (κ2) is 9.85. The summed E-state index contributed by atoms with van der Waals surface area (Å²) in [6.07, 6.45) is -4.12. The van der Waals surface area contributed by atoms with Gasteiger partial charge in [0, 0.05) is 25.4 Å². The molecule has 0 N–H and O–H groups in total. The first-order valence-electron chi connectivity index (χ1n) is 9.98. The van der Waals surface area contributed by atoms with E-state index in [2.05, 4.69) is 5.10 Å². The molecule has 0 atom stereocenters. The van der Waals surface area contributed by atoms with Gasteiger partial charge in [-0.05, 0) is 55.8 Å². The third-order valence-corrected chi connectivity index (χ3v) is 4.80. The molecule has 10 heteroatoms. The van der Waals surface area contributed by atoms with Gasteiger partial charge in [0.1, 0.15) is 11.6 Å². The van der Waals surface area contributed by atoms with E-state index < -0.39 is 28.8 Å². The molecule has 174 valence electrons. The summed E-state index contributed by atoms with van der Waals surface area (Å²) in [4.78, 5) is 26.4. The van der Waals surface area contributed by atoms with Crippen LogP contribution >= 0.6 is 0 Å². The first-order chi connectivity index (χ1) is 15.6. The van der Waals surface area contributed by atoms with Crippen LogP contribution in [0, 0.1) is 12.7 Å². The standard InChI is InChI=1S/C23H21F4N3O3/c1-15-13-20(31)21(28-30(15)18-6-3-5-16(14-18)23(25,26)27)22(32)29(2)11-4-12-33-19-9-7-17(24)8-10-19/h3,5-10,13-14H,4,11-12H2,1-2H3. The average molecular weight is 463 g/mol. The number of rotatable bonds is 7. The van der Waals surface area contributed by atoms with E-state index in [4.69, 9.17) is 4.74 Å². The van der Waals surface area contributed by atoms with Gasteiger partial charge in [-0.25, -0.2) is 9.07 Å². The highest BCUT2D eigenvalue weighted by atomic mass is 19.4. The fraction of sp³-hybridized carbons (Fsp3) is 0.261. The number of halogens is 4. The summed E-state index contributed by atoms with van der Waals surface area (Å²) in [5.41, 5.74) is -1.54. The van der Waals surface area contributed by atoms with E-state index in [1.54, 1.807) is 0 Å². The van der Waals surface area contributed by atoms with Crippen molar-refractivity contribution >= 4 is 5.91 Å². The number of hydrogen-bond donors (Lipinski definition) is 0. The van der Waals surface area contributed by atoms with E-state index in [1.807, 2.05) is 0 Å². The smallest absolute Gasteiger partial charge is 0.416 e. The summed E-state index contributed by atoms with van der Waals surface area (Å²) in [5.74, 6) is -0.564. The van der Waals surface area contributed by atoms with Crippen molar-refractivity contribution in [2.24, 2.45) is 0 Å². The molecule has 0 aliphatic carbocycles. The second-order valence-corrected chi connectivity index (χ2v) is 7.34. The largest absolute Gasteiger partial charge is 0.494 e. The van der Waals surface area contributed by atoms with Gasteiger partial charge in [0.25, 0.3) is 5.91 Å². The first kappa shape index (κ1) is 24.0. The molecule has 3 aromatic rings. The van der Waals surface area contributed by atoms with Gasteiger partial charge in [0.2, 0.25) is 5.43 Å². The third kappa shape index (κ3) is 5.97. The summed E-state index contributed by atoms with van der Waals surface area (Å²) >= 11 is 0. The molecule has 0 radical (unpaired) electrons. The van der Waals surface area contributed by atoms with Gasteiger partial charge in [-0.2, -0.15) is 18.3 Å². The van der Waals surface area contributed by atoms with Crippen LogP contribution in [0.4, 0.5) is 17.6 Å². The van der Waals surface area contributed by atoms with Crippen molar-refractivity contribution in [3.05, 3.63) is 87.6 Å². The van der Waals surface area contributed by atoms with E-state index in [1.165, 1.54) is 55.3 Å². The Morgan fingerprint density at radius 1 is 1.12 bits per heavy atom. The SMILES string of the molecule is Cc1cc(=O)c(C(=O)N(C)CCCOc2ccc(F)cc2)nn1-c1cccc(C(F)(F)F)c1. The van der Waals surface area contributed by atoms with Gasteiger partial charge >= 0.3 is 6.18 Å². The third-order valence-electron chi connectivity index (χ3n) is 4.80. The van der Waals surface area contributed by atoms with Crippen molar-refractivity contribution in [1.82, 2.24) is 14.7 Å². The van der Waals surface area contributed by atoms with Gasteiger partial charge in [0.05, 0.1) is 17.9 Å². The molecule has 0 bridgehead atoms. The molecule has 0 spiro atoms. The maximum atomic E-state index is 13.1. The number of aryl methyl sites for hydroxylation is 1. The number of carbonyl (C=O) groups is 1. The van der Waals surface area contributed by atoms with E-state index >= 15 is 0 Å². The number of nitrogens with zero attached hydrogens (tertiary/aromatic N) is 3. The number of amides is 1. The molecule has 0 saturated heterocycles. The topological polar surface area (TPSA) is 64.4 Å². The second-order valence-electron chi connectivity index (χ2n) is 7.34. The molecule has 33 heavy (non-hydrogen) atoms. The van der Waals surface area contributed by atoms with Crippen LogP contribution in [-0.4, -0.2) is 40.8 Å². The summed E-state index contributed by atoms with van der Waals surface area (Å²) in [6.45, 7) is 2.00. The normalized spacial score (nSPS) is 11.3. The van der Waals surface area contributed by atoms with Crippen LogP contribution in [0.25, 0.3) is 5.69 Å². The molecular weight excluding hydrogens is 442 g/mol. The van der Waals surface area contributed by atoms with E-state index in [9.17, 15) is 27.2 Å². The Labute approximate surface area is 187 Å². The zero-order valence-corrected chi connectivity index (χ0v) is 17.9. The summed E-state index contributed by atoms with van der Waals surface area (Å²) < 4.78 is 58.7. The Bertz CT molecular complexity index is 1190.